The summed E-state index contributed by atoms with van der Waals surface area (Å²) < 4.78 is 7.56. The van der Waals surface area contributed by atoms with Crippen LogP contribution in [0.15, 0.2) is 36.5 Å². The van der Waals surface area contributed by atoms with Crippen molar-refractivity contribution in [1.82, 2.24) is 19.9 Å². The molecule has 1 aromatic carbocycles. The first-order valence-corrected chi connectivity index (χ1v) is 8.62. The van der Waals surface area contributed by atoms with Gasteiger partial charge in [0.15, 0.2) is 0 Å². The van der Waals surface area contributed by atoms with Crippen LogP contribution in [0.5, 0.6) is 5.75 Å². The van der Waals surface area contributed by atoms with Crippen LogP contribution in [0.2, 0.25) is 0 Å². The Morgan fingerprint density at radius 2 is 2.08 bits per heavy atom. The maximum Gasteiger partial charge on any atom is 0.123 e. The topological polar surface area (TPSA) is 63.4 Å². The molecule has 1 aromatic heterocycles. The quantitative estimate of drug-likeness (QED) is 0.880. The second kappa shape index (κ2) is 7.32. The molecule has 1 aliphatic rings. The molecule has 0 aliphatic carbocycles. The van der Waals surface area contributed by atoms with Gasteiger partial charge in [0, 0.05) is 19.1 Å². The van der Waals surface area contributed by atoms with Gasteiger partial charge >= 0.3 is 0 Å². The summed E-state index contributed by atoms with van der Waals surface area (Å²) in [6.45, 7) is 7.04. The van der Waals surface area contributed by atoms with E-state index >= 15 is 0 Å². The number of hydrogen-bond donors (Lipinski definition) is 1. The number of β-amino-alcohol motifs (C(OH)–C–C–N with tert-alkyl or cyclic N) is 1. The SMILES string of the molecule is CC(C)n1cc([C@]2(O)CCCN(CCOc3ccccc3)C2)nn1. The predicted octanol–water partition coefficient (Wildman–Crippen LogP) is 2.22. The summed E-state index contributed by atoms with van der Waals surface area (Å²) in [5.74, 6) is 0.879. The molecule has 0 radical (unpaired) electrons. The van der Waals surface area contributed by atoms with E-state index in [9.17, 15) is 5.11 Å². The zero-order chi connectivity index (χ0) is 17.0. The average Bonchev–Trinajstić information content (AvgIpc) is 3.07. The van der Waals surface area contributed by atoms with Crippen LogP contribution in [0.4, 0.5) is 0 Å². The predicted molar refractivity (Wildman–Crippen MR) is 91.9 cm³/mol. The Bertz CT molecular complexity index is 643. The minimum Gasteiger partial charge on any atom is -0.492 e. The second-order valence-electron chi connectivity index (χ2n) is 6.75. The summed E-state index contributed by atoms with van der Waals surface area (Å²) in [4.78, 5) is 2.24. The molecular weight excluding hydrogens is 304 g/mol. The first kappa shape index (κ1) is 16.9. The van der Waals surface area contributed by atoms with E-state index in [1.807, 2.05) is 36.5 Å². The van der Waals surface area contributed by atoms with Gasteiger partial charge in [0.2, 0.25) is 0 Å². The Hall–Kier alpha value is -1.92. The van der Waals surface area contributed by atoms with Crippen molar-refractivity contribution in [3.8, 4) is 5.75 Å². The molecule has 6 nitrogen and oxygen atoms in total. The van der Waals surface area contributed by atoms with Crippen molar-refractivity contribution in [2.45, 2.75) is 38.3 Å². The fraction of sp³-hybridized carbons (Fsp3) is 0.556. The molecule has 0 amide bonds. The van der Waals surface area contributed by atoms with Gasteiger partial charge in [-0.3, -0.25) is 4.90 Å². The molecule has 3 rings (SSSR count). The van der Waals surface area contributed by atoms with Gasteiger partial charge in [-0.15, -0.1) is 5.10 Å². The lowest BCUT2D eigenvalue weighted by Crippen LogP contribution is -2.47. The van der Waals surface area contributed by atoms with Crippen LogP contribution in [0.25, 0.3) is 0 Å². The summed E-state index contributed by atoms with van der Waals surface area (Å²) in [6.07, 6.45) is 3.53. The van der Waals surface area contributed by atoms with Crippen molar-refractivity contribution < 1.29 is 9.84 Å². The summed E-state index contributed by atoms with van der Waals surface area (Å²) in [6, 6.07) is 10.1. The smallest absolute Gasteiger partial charge is 0.123 e. The monoisotopic (exact) mass is 330 g/mol. The largest absolute Gasteiger partial charge is 0.492 e. The van der Waals surface area contributed by atoms with Crippen molar-refractivity contribution in [3.05, 3.63) is 42.2 Å². The van der Waals surface area contributed by atoms with E-state index < -0.39 is 5.60 Å². The lowest BCUT2D eigenvalue weighted by molar-refractivity contribution is -0.0413. The number of para-hydroxylation sites is 1. The van der Waals surface area contributed by atoms with E-state index in [1.165, 1.54) is 0 Å². The third-order valence-electron chi connectivity index (χ3n) is 4.49. The van der Waals surface area contributed by atoms with E-state index in [-0.39, 0.29) is 6.04 Å². The van der Waals surface area contributed by atoms with Crippen molar-refractivity contribution >= 4 is 0 Å². The van der Waals surface area contributed by atoms with Crippen LogP contribution in [-0.2, 0) is 5.60 Å². The second-order valence-corrected chi connectivity index (χ2v) is 6.75. The lowest BCUT2D eigenvalue weighted by Gasteiger charge is -2.37. The van der Waals surface area contributed by atoms with Crippen LogP contribution in [0.1, 0.15) is 38.4 Å². The standard InChI is InChI=1S/C18H26N4O2/c1-15(2)22-13-17(19-20-22)18(23)9-6-10-21(14-18)11-12-24-16-7-4-3-5-8-16/h3-5,7-8,13,15,23H,6,9-12,14H2,1-2H3/t18-/m0/s1. The number of likely N-dealkylation sites (tertiary alicyclic amines) is 1. The van der Waals surface area contributed by atoms with Gasteiger partial charge in [-0.1, -0.05) is 23.4 Å². The summed E-state index contributed by atoms with van der Waals surface area (Å²) >= 11 is 0. The highest BCUT2D eigenvalue weighted by Gasteiger charge is 2.37. The first-order chi connectivity index (χ1) is 11.6. The van der Waals surface area contributed by atoms with Crippen molar-refractivity contribution in [1.29, 1.82) is 0 Å². The van der Waals surface area contributed by atoms with E-state index in [0.717, 1.165) is 31.7 Å². The van der Waals surface area contributed by atoms with Crippen molar-refractivity contribution in [2.24, 2.45) is 0 Å². The van der Waals surface area contributed by atoms with Gasteiger partial charge < -0.3 is 9.84 Å². The number of hydrogen-bond acceptors (Lipinski definition) is 5. The van der Waals surface area contributed by atoms with Crippen molar-refractivity contribution in [2.75, 3.05) is 26.2 Å². The van der Waals surface area contributed by atoms with E-state index in [0.29, 0.717) is 18.8 Å². The molecule has 1 fully saturated rings. The molecule has 0 spiro atoms. The molecule has 6 heteroatoms. The molecule has 0 saturated carbocycles. The van der Waals surface area contributed by atoms with Gasteiger partial charge in [0.25, 0.3) is 0 Å². The third-order valence-corrected chi connectivity index (χ3v) is 4.49. The van der Waals surface area contributed by atoms with E-state index in [2.05, 4.69) is 29.1 Å². The van der Waals surface area contributed by atoms with Crippen molar-refractivity contribution in [3.63, 3.8) is 0 Å². The molecule has 1 atom stereocenters. The Morgan fingerprint density at radius 1 is 1.29 bits per heavy atom. The van der Waals surface area contributed by atoms with Gasteiger partial charge in [-0.2, -0.15) is 0 Å². The average molecular weight is 330 g/mol. The molecule has 130 valence electrons. The van der Waals surface area contributed by atoms with Gasteiger partial charge in [0.1, 0.15) is 23.7 Å². The van der Waals surface area contributed by atoms with Crippen LogP contribution in [-0.4, -0.2) is 51.2 Å². The summed E-state index contributed by atoms with van der Waals surface area (Å²) in [5, 5.41) is 19.4. The molecule has 1 aliphatic heterocycles. The lowest BCUT2D eigenvalue weighted by atomic mass is 9.90. The number of piperidine rings is 1. The van der Waals surface area contributed by atoms with Crippen LogP contribution in [0, 0.1) is 0 Å². The van der Waals surface area contributed by atoms with Crippen LogP contribution in [0.3, 0.4) is 0 Å². The Balaban J connectivity index is 1.56. The fourth-order valence-electron chi connectivity index (χ4n) is 3.07. The number of aliphatic hydroxyl groups is 1. The first-order valence-electron chi connectivity index (χ1n) is 8.62. The summed E-state index contributed by atoms with van der Waals surface area (Å²) in [7, 11) is 0. The van der Waals surface area contributed by atoms with Crippen LogP contribution >= 0.6 is 0 Å². The van der Waals surface area contributed by atoms with E-state index in [4.69, 9.17) is 4.74 Å². The fourth-order valence-corrected chi connectivity index (χ4v) is 3.07. The highest BCUT2D eigenvalue weighted by Crippen LogP contribution is 2.30. The molecular formula is C18H26N4O2. The number of rotatable bonds is 6. The minimum absolute atomic E-state index is 0.244. The Labute approximate surface area is 143 Å². The highest BCUT2D eigenvalue weighted by molar-refractivity contribution is 5.20. The number of ether oxygens (including phenoxy) is 1. The van der Waals surface area contributed by atoms with Gasteiger partial charge in [-0.25, -0.2) is 4.68 Å². The Kier molecular flexibility index (Phi) is 5.16. The molecule has 0 unspecified atom stereocenters. The van der Waals surface area contributed by atoms with E-state index in [1.54, 1.807) is 4.68 Å². The van der Waals surface area contributed by atoms with Gasteiger partial charge in [0.05, 0.1) is 6.20 Å². The van der Waals surface area contributed by atoms with Crippen LogP contribution < -0.4 is 4.74 Å². The normalized spacial score (nSPS) is 22.0. The third kappa shape index (κ3) is 3.94. The molecule has 1 saturated heterocycles. The number of nitrogens with zero attached hydrogens (tertiary/aromatic N) is 4. The molecule has 2 aromatic rings. The molecule has 24 heavy (non-hydrogen) atoms. The zero-order valence-corrected chi connectivity index (χ0v) is 14.4. The molecule has 0 bridgehead atoms. The number of aromatic nitrogens is 3. The zero-order valence-electron chi connectivity index (χ0n) is 14.4. The van der Waals surface area contributed by atoms with Gasteiger partial charge in [-0.05, 0) is 45.4 Å². The molecule has 2 heterocycles. The maximum atomic E-state index is 11.0. The minimum atomic E-state index is -0.919. The Morgan fingerprint density at radius 3 is 2.79 bits per heavy atom. The number of benzene rings is 1. The maximum absolute atomic E-state index is 11.0. The highest BCUT2D eigenvalue weighted by atomic mass is 16.5. The molecule has 1 N–H and O–H groups in total. The summed E-state index contributed by atoms with van der Waals surface area (Å²) in [5.41, 5.74) is -0.247.